The summed E-state index contributed by atoms with van der Waals surface area (Å²) in [7, 11) is 1.41. The first-order valence-corrected chi connectivity index (χ1v) is 8.70. The molecule has 0 saturated heterocycles. The van der Waals surface area contributed by atoms with Gasteiger partial charge in [-0.2, -0.15) is 0 Å². The van der Waals surface area contributed by atoms with E-state index in [9.17, 15) is 24.5 Å². The van der Waals surface area contributed by atoms with Crippen molar-refractivity contribution in [2.24, 2.45) is 0 Å². The molecule has 0 aliphatic rings. The number of rotatable bonds is 7. The summed E-state index contributed by atoms with van der Waals surface area (Å²) in [6.07, 6.45) is 0. The fourth-order valence-electron chi connectivity index (χ4n) is 2.56. The average Bonchev–Trinajstić information content (AvgIpc) is 2.68. The van der Waals surface area contributed by atoms with Crippen LogP contribution in [0.1, 0.15) is 21.5 Å². The van der Waals surface area contributed by atoms with E-state index in [0.29, 0.717) is 5.69 Å². The lowest BCUT2D eigenvalue weighted by atomic mass is 10.1. The van der Waals surface area contributed by atoms with Gasteiger partial charge in [0.15, 0.2) is 6.61 Å². The molecule has 0 unspecified atom stereocenters. The van der Waals surface area contributed by atoms with E-state index in [-0.39, 0.29) is 23.7 Å². The molecule has 2 amide bonds. The number of benzene rings is 2. The topological polar surface area (TPSA) is 119 Å². The molecule has 9 nitrogen and oxygen atoms in total. The molecule has 152 valence electrons. The largest absolute Gasteiger partial charge is 0.452 e. The Bertz CT molecular complexity index is 937. The molecule has 0 aromatic heterocycles. The summed E-state index contributed by atoms with van der Waals surface area (Å²) < 4.78 is 4.90. The van der Waals surface area contributed by atoms with E-state index in [4.69, 9.17) is 4.74 Å². The normalized spacial score (nSPS) is 10.2. The number of aryl methyl sites for hydroxylation is 2. The van der Waals surface area contributed by atoms with Crippen molar-refractivity contribution < 1.29 is 24.0 Å². The highest BCUT2D eigenvalue weighted by atomic mass is 16.6. The summed E-state index contributed by atoms with van der Waals surface area (Å²) in [5.74, 6) is -1.83. The van der Waals surface area contributed by atoms with Crippen molar-refractivity contribution in [1.82, 2.24) is 4.90 Å². The third kappa shape index (κ3) is 5.86. The first-order chi connectivity index (χ1) is 13.7. The number of amides is 2. The van der Waals surface area contributed by atoms with Gasteiger partial charge in [0.05, 0.1) is 17.0 Å². The number of ether oxygens (including phenoxy) is 1. The second kappa shape index (κ2) is 9.45. The van der Waals surface area contributed by atoms with E-state index in [1.54, 1.807) is 0 Å². The van der Waals surface area contributed by atoms with Crippen molar-refractivity contribution in [2.75, 3.05) is 25.5 Å². The highest BCUT2D eigenvalue weighted by Gasteiger charge is 2.18. The van der Waals surface area contributed by atoms with Gasteiger partial charge in [0.2, 0.25) is 5.91 Å². The number of carbonyl (C=O) groups is 3. The summed E-state index contributed by atoms with van der Waals surface area (Å²) >= 11 is 0. The van der Waals surface area contributed by atoms with Gasteiger partial charge in [0, 0.05) is 24.9 Å². The maximum Gasteiger partial charge on any atom is 0.338 e. The van der Waals surface area contributed by atoms with Gasteiger partial charge < -0.3 is 15.0 Å². The van der Waals surface area contributed by atoms with Crippen LogP contribution in [-0.2, 0) is 14.3 Å². The third-order valence-corrected chi connectivity index (χ3v) is 4.17. The average molecular weight is 399 g/mol. The zero-order valence-electron chi connectivity index (χ0n) is 16.3. The number of nitrogens with zero attached hydrogens (tertiary/aromatic N) is 2. The molecule has 0 bridgehead atoms. The molecule has 0 aliphatic heterocycles. The second-order valence-corrected chi connectivity index (χ2v) is 6.45. The maximum absolute atomic E-state index is 12.2. The molecule has 2 rings (SSSR count). The summed E-state index contributed by atoms with van der Waals surface area (Å²) in [5.41, 5.74) is 2.19. The number of hydrogen-bond donors (Lipinski definition) is 1. The lowest BCUT2D eigenvalue weighted by molar-refractivity contribution is -0.384. The van der Waals surface area contributed by atoms with Crippen molar-refractivity contribution in [2.45, 2.75) is 13.8 Å². The molecule has 2 aromatic carbocycles. The van der Waals surface area contributed by atoms with E-state index in [1.165, 1.54) is 25.2 Å². The van der Waals surface area contributed by atoms with Crippen LogP contribution >= 0.6 is 0 Å². The molecule has 1 N–H and O–H groups in total. The van der Waals surface area contributed by atoms with Crippen molar-refractivity contribution in [3.05, 3.63) is 69.3 Å². The Morgan fingerprint density at radius 1 is 1.10 bits per heavy atom. The summed E-state index contributed by atoms with van der Waals surface area (Å²) in [6, 6.07) is 10.6. The number of nitro benzene ring substituents is 1. The number of hydrogen-bond acceptors (Lipinski definition) is 6. The first-order valence-electron chi connectivity index (χ1n) is 8.70. The van der Waals surface area contributed by atoms with Gasteiger partial charge in [-0.25, -0.2) is 4.79 Å². The molecule has 0 atom stereocenters. The van der Waals surface area contributed by atoms with Crippen LogP contribution in [0.2, 0.25) is 0 Å². The molecule has 0 radical (unpaired) electrons. The molecule has 9 heteroatoms. The number of nitrogens with one attached hydrogen (secondary N) is 1. The predicted octanol–water partition coefficient (Wildman–Crippen LogP) is 2.47. The van der Waals surface area contributed by atoms with Crippen LogP contribution in [0.25, 0.3) is 0 Å². The van der Waals surface area contributed by atoms with Gasteiger partial charge in [0.1, 0.15) is 0 Å². The lowest BCUT2D eigenvalue weighted by Gasteiger charge is -2.18. The Morgan fingerprint density at radius 3 is 2.34 bits per heavy atom. The molecular weight excluding hydrogens is 378 g/mol. The van der Waals surface area contributed by atoms with Crippen LogP contribution in [0.3, 0.4) is 0 Å². The third-order valence-electron chi connectivity index (χ3n) is 4.17. The van der Waals surface area contributed by atoms with Crippen LogP contribution in [-0.4, -0.2) is 47.8 Å². The van der Waals surface area contributed by atoms with Gasteiger partial charge >= 0.3 is 5.97 Å². The highest BCUT2D eigenvalue weighted by Crippen LogP contribution is 2.19. The van der Waals surface area contributed by atoms with Crippen LogP contribution in [0.5, 0.6) is 0 Å². The molecule has 0 fully saturated rings. The zero-order chi connectivity index (χ0) is 21.6. The fraction of sp³-hybridized carbons (Fsp3) is 0.250. The van der Waals surface area contributed by atoms with Crippen molar-refractivity contribution in [3.8, 4) is 0 Å². The molecule has 0 aliphatic carbocycles. The number of esters is 1. The minimum atomic E-state index is -0.865. The Balaban J connectivity index is 1.88. The van der Waals surface area contributed by atoms with Gasteiger partial charge in [0.25, 0.3) is 11.6 Å². The molecule has 0 spiro atoms. The standard InChI is InChI=1S/C20H21N3O6/c1-13-6-4-7-14(2)19(13)21-17(24)11-22(3)18(25)12-29-20(26)15-8-5-9-16(10-15)23(27)28/h4-10H,11-12H2,1-3H3,(H,21,24). The molecule has 29 heavy (non-hydrogen) atoms. The van der Waals surface area contributed by atoms with E-state index in [1.807, 2.05) is 32.0 Å². The van der Waals surface area contributed by atoms with Crippen molar-refractivity contribution >= 4 is 29.2 Å². The van der Waals surface area contributed by atoms with Crippen LogP contribution in [0.4, 0.5) is 11.4 Å². The number of nitro groups is 1. The van der Waals surface area contributed by atoms with E-state index < -0.39 is 23.4 Å². The fourth-order valence-corrected chi connectivity index (χ4v) is 2.56. The van der Waals surface area contributed by atoms with Gasteiger partial charge in [-0.1, -0.05) is 24.3 Å². The minimum absolute atomic E-state index is 0.0394. The molecule has 0 saturated carbocycles. The van der Waals surface area contributed by atoms with Gasteiger partial charge in [-0.05, 0) is 31.0 Å². The Morgan fingerprint density at radius 2 is 1.72 bits per heavy atom. The Kier molecular flexibility index (Phi) is 7.02. The monoisotopic (exact) mass is 399 g/mol. The number of non-ortho nitro benzene ring substituents is 1. The van der Waals surface area contributed by atoms with E-state index >= 15 is 0 Å². The summed E-state index contributed by atoms with van der Waals surface area (Å²) in [5, 5.41) is 13.5. The van der Waals surface area contributed by atoms with Crippen molar-refractivity contribution in [3.63, 3.8) is 0 Å². The summed E-state index contributed by atoms with van der Waals surface area (Å²) in [4.78, 5) is 47.6. The number of carbonyl (C=O) groups excluding carboxylic acids is 3. The Labute approximate surface area is 167 Å². The quantitative estimate of drug-likeness (QED) is 0.434. The molecular formula is C20H21N3O6. The predicted molar refractivity (Wildman–Crippen MR) is 106 cm³/mol. The van der Waals surface area contributed by atoms with Crippen LogP contribution < -0.4 is 5.32 Å². The number of likely N-dealkylation sites (N-methyl/N-ethyl adjacent to an activating group) is 1. The van der Waals surface area contributed by atoms with E-state index in [2.05, 4.69) is 5.32 Å². The minimum Gasteiger partial charge on any atom is -0.452 e. The summed E-state index contributed by atoms with van der Waals surface area (Å²) in [6.45, 7) is 2.92. The first kappa shape index (κ1) is 21.5. The lowest BCUT2D eigenvalue weighted by Crippen LogP contribution is -2.37. The molecule has 2 aromatic rings. The zero-order valence-corrected chi connectivity index (χ0v) is 16.3. The SMILES string of the molecule is Cc1cccc(C)c1NC(=O)CN(C)C(=O)COC(=O)c1cccc([N+](=O)[O-])c1. The van der Waals surface area contributed by atoms with Gasteiger partial charge in [-0.3, -0.25) is 19.7 Å². The molecule has 0 heterocycles. The van der Waals surface area contributed by atoms with Crippen molar-refractivity contribution in [1.29, 1.82) is 0 Å². The second-order valence-electron chi connectivity index (χ2n) is 6.45. The highest BCUT2D eigenvalue weighted by molar-refractivity contribution is 5.96. The number of para-hydroxylation sites is 1. The van der Waals surface area contributed by atoms with E-state index in [0.717, 1.165) is 22.1 Å². The van der Waals surface area contributed by atoms with Gasteiger partial charge in [-0.15, -0.1) is 0 Å². The maximum atomic E-state index is 12.2. The number of anilines is 1. The Hall–Kier alpha value is -3.75. The van der Waals surface area contributed by atoms with Crippen LogP contribution in [0, 0.1) is 24.0 Å². The van der Waals surface area contributed by atoms with Crippen LogP contribution in [0.15, 0.2) is 42.5 Å². The smallest absolute Gasteiger partial charge is 0.338 e.